The topological polar surface area (TPSA) is 46.8 Å². The molecule has 0 bridgehead atoms. The summed E-state index contributed by atoms with van der Waals surface area (Å²) in [5.41, 5.74) is 1.64. The lowest BCUT2D eigenvalue weighted by atomic mass is 10.5. The molecule has 5 heteroatoms. The maximum absolute atomic E-state index is 4.22. The molecule has 0 amide bonds. The lowest BCUT2D eigenvalue weighted by Crippen LogP contribution is -2.29. The van der Waals surface area contributed by atoms with Crippen LogP contribution in [0.5, 0.6) is 0 Å². The third-order valence-corrected chi connectivity index (χ3v) is 2.17. The standard InChI is InChI=1S/C10H13N5/c1-3-4-5-14(2)15-8-13-9-6-11-7-12-10(9)15/h3-4,6-8H,5H2,1-2H3/b4-3+. The molecule has 2 aromatic heterocycles. The fourth-order valence-corrected chi connectivity index (χ4v) is 1.35. The van der Waals surface area contributed by atoms with E-state index in [-0.39, 0.29) is 0 Å². The Hall–Kier alpha value is -1.91. The molecule has 0 spiro atoms. The Morgan fingerprint density at radius 3 is 3.13 bits per heavy atom. The van der Waals surface area contributed by atoms with Crippen LogP contribution in [0.15, 0.2) is 31.0 Å². The number of aromatic nitrogens is 4. The van der Waals surface area contributed by atoms with Crippen LogP contribution >= 0.6 is 0 Å². The zero-order valence-corrected chi connectivity index (χ0v) is 8.83. The van der Waals surface area contributed by atoms with Crippen molar-refractivity contribution < 1.29 is 0 Å². The molecule has 2 aromatic rings. The first-order valence-corrected chi connectivity index (χ1v) is 4.78. The van der Waals surface area contributed by atoms with E-state index in [1.54, 1.807) is 12.5 Å². The van der Waals surface area contributed by atoms with Gasteiger partial charge in [-0.15, -0.1) is 0 Å². The quantitative estimate of drug-likeness (QED) is 0.697. The van der Waals surface area contributed by atoms with E-state index in [0.717, 1.165) is 17.7 Å². The molecule has 0 radical (unpaired) electrons. The molecule has 2 heterocycles. The van der Waals surface area contributed by atoms with Gasteiger partial charge in [-0.25, -0.2) is 19.6 Å². The summed E-state index contributed by atoms with van der Waals surface area (Å²) in [6.07, 6.45) is 9.09. The molecule has 0 aliphatic carbocycles. The Labute approximate surface area is 88.1 Å². The third-order valence-electron chi connectivity index (χ3n) is 2.17. The smallest absolute Gasteiger partial charge is 0.182 e. The fourth-order valence-electron chi connectivity index (χ4n) is 1.35. The van der Waals surface area contributed by atoms with E-state index in [2.05, 4.69) is 21.0 Å². The van der Waals surface area contributed by atoms with Crippen LogP contribution in [0, 0.1) is 0 Å². The minimum absolute atomic E-state index is 0.810. The normalized spacial score (nSPS) is 11.3. The highest BCUT2D eigenvalue weighted by molar-refractivity contribution is 5.69. The van der Waals surface area contributed by atoms with Crippen molar-refractivity contribution in [2.75, 3.05) is 18.6 Å². The minimum Gasteiger partial charge on any atom is -0.309 e. The van der Waals surface area contributed by atoms with E-state index < -0.39 is 0 Å². The predicted octanol–water partition coefficient (Wildman–Crippen LogP) is 0.970. The van der Waals surface area contributed by atoms with Gasteiger partial charge in [-0.1, -0.05) is 12.2 Å². The molecule has 2 rings (SSSR count). The summed E-state index contributed by atoms with van der Waals surface area (Å²) in [5.74, 6) is 0. The second-order valence-corrected chi connectivity index (χ2v) is 3.23. The number of likely N-dealkylation sites (N-methyl/N-ethyl adjacent to an activating group) is 1. The van der Waals surface area contributed by atoms with Crippen LogP contribution in [0.25, 0.3) is 11.2 Å². The first kappa shape index (κ1) is 9.64. The molecule has 5 nitrogen and oxygen atoms in total. The zero-order valence-electron chi connectivity index (χ0n) is 8.83. The Morgan fingerprint density at radius 1 is 1.47 bits per heavy atom. The lowest BCUT2D eigenvalue weighted by molar-refractivity contribution is 0.706. The number of hydrogen-bond donors (Lipinski definition) is 0. The number of allylic oxidation sites excluding steroid dienone is 1. The Kier molecular flexibility index (Phi) is 2.62. The molecule has 0 fully saturated rings. The van der Waals surface area contributed by atoms with E-state index in [1.165, 1.54) is 6.33 Å². The van der Waals surface area contributed by atoms with E-state index in [4.69, 9.17) is 0 Å². The van der Waals surface area contributed by atoms with Crippen LogP contribution in [-0.2, 0) is 0 Å². The van der Waals surface area contributed by atoms with Crippen molar-refractivity contribution in [1.82, 2.24) is 19.6 Å². The summed E-state index contributed by atoms with van der Waals surface area (Å²) in [7, 11) is 1.99. The highest BCUT2D eigenvalue weighted by Gasteiger charge is 2.05. The van der Waals surface area contributed by atoms with Crippen molar-refractivity contribution in [1.29, 1.82) is 0 Å². The van der Waals surface area contributed by atoms with Gasteiger partial charge < -0.3 is 5.01 Å². The van der Waals surface area contributed by atoms with Crippen molar-refractivity contribution in [3.05, 3.63) is 31.0 Å². The van der Waals surface area contributed by atoms with Crippen LogP contribution in [0.3, 0.4) is 0 Å². The van der Waals surface area contributed by atoms with Crippen molar-refractivity contribution in [2.24, 2.45) is 0 Å². The summed E-state index contributed by atoms with van der Waals surface area (Å²) in [6.45, 7) is 2.83. The molecule has 0 N–H and O–H groups in total. The van der Waals surface area contributed by atoms with Crippen LogP contribution in [0.4, 0.5) is 0 Å². The van der Waals surface area contributed by atoms with Gasteiger partial charge in [0, 0.05) is 7.05 Å². The van der Waals surface area contributed by atoms with Gasteiger partial charge in [0.15, 0.2) is 5.65 Å². The van der Waals surface area contributed by atoms with E-state index in [9.17, 15) is 0 Å². The molecule has 0 saturated carbocycles. The summed E-state index contributed by atoms with van der Waals surface area (Å²) in [6, 6.07) is 0. The van der Waals surface area contributed by atoms with Gasteiger partial charge in [0.1, 0.15) is 18.2 Å². The summed E-state index contributed by atoms with van der Waals surface area (Å²) >= 11 is 0. The van der Waals surface area contributed by atoms with Crippen LogP contribution in [0.2, 0.25) is 0 Å². The van der Waals surface area contributed by atoms with Crippen LogP contribution < -0.4 is 5.01 Å². The molecule has 0 atom stereocenters. The Morgan fingerprint density at radius 2 is 2.33 bits per heavy atom. The molecule has 0 aromatic carbocycles. The van der Waals surface area contributed by atoms with Crippen LogP contribution in [0.1, 0.15) is 6.92 Å². The predicted molar refractivity (Wildman–Crippen MR) is 59.1 cm³/mol. The third kappa shape index (κ3) is 1.81. The summed E-state index contributed by atoms with van der Waals surface area (Å²) < 4.78 is 1.91. The molecule has 15 heavy (non-hydrogen) atoms. The second-order valence-electron chi connectivity index (χ2n) is 3.23. The maximum Gasteiger partial charge on any atom is 0.182 e. The average molecular weight is 203 g/mol. The highest BCUT2D eigenvalue weighted by Crippen LogP contribution is 2.06. The first-order valence-electron chi connectivity index (χ1n) is 4.78. The number of rotatable bonds is 3. The van der Waals surface area contributed by atoms with Gasteiger partial charge in [0.2, 0.25) is 0 Å². The van der Waals surface area contributed by atoms with Gasteiger partial charge in [0.05, 0.1) is 12.7 Å². The molecule has 0 saturated heterocycles. The number of imidazole rings is 1. The SMILES string of the molecule is C/C=C/CN(C)n1cnc2cncnc21. The maximum atomic E-state index is 4.22. The van der Waals surface area contributed by atoms with Crippen LogP contribution in [-0.4, -0.2) is 33.2 Å². The van der Waals surface area contributed by atoms with Crippen molar-refractivity contribution in [3.8, 4) is 0 Å². The van der Waals surface area contributed by atoms with Gasteiger partial charge in [0.25, 0.3) is 0 Å². The second kappa shape index (κ2) is 4.08. The molecule has 78 valence electrons. The molecule has 0 aliphatic heterocycles. The number of hydrogen-bond acceptors (Lipinski definition) is 4. The number of fused-ring (bicyclic) bond motifs is 1. The van der Waals surface area contributed by atoms with Crippen molar-refractivity contribution >= 4 is 11.2 Å². The van der Waals surface area contributed by atoms with Gasteiger partial charge in [-0.3, -0.25) is 0 Å². The van der Waals surface area contributed by atoms with Gasteiger partial charge in [-0.2, -0.15) is 0 Å². The molecular formula is C10H13N5. The fraction of sp³-hybridized carbons (Fsp3) is 0.300. The number of nitrogens with zero attached hydrogens (tertiary/aromatic N) is 5. The average Bonchev–Trinajstić information content (AvgIpc) is 2.69. The van der Waals surface area contributed by atoms with E-state index in [0.29, 0.717) is 0 Å². The minimum atomic E-state index is 0.810. The van der Waals surface area contributed by atoms with E-state index >= 15 is 0 Å². The van der Waals surface area contributed by atoms with Crippen molar-refractivity contribution in [2.45, 2.75) is 6.92 Å². The molecular weight excluding hydrogens is 190 g/mol. The molecule has 0 aliphatic rings. The first-order chi connectivity index (χ1) is 7.33. The Bertz CT molecular complexity index is 473. The summed E-state index contributed by atoms with van der Waals surface area (Å²) in [5, 5.41) is 2.03. The highest BCUT2D eigenvalue weighted by atomic mass is 15.5. The monoisotopic (exact) mass is 203 g/mol. The zero-order chi connectivity index (χ0) is 10.7. The van der Waals surface area contributed by atoms with Gasteiger partial charge >= 0.3 is 0 Å². The lowest BCUT2D eigenvalue weighted by Gasteiger charge is -2.18. The van der Waals surface area contributed by atoms with E-state index in [1.807, 2.05) is 29.7 Å². The molecule has 0 unspecified atom stereocenters. The van der Waals surface area contributed by atoms with Crippen molar-refractivity contribution in [3.63, 3.8) is 0 Å². The van der Waals surface area contributed by atoms with Gasteiger partial charge in [-0.05, 0) is 6.92 Å². The Balaban J connectivity index is 2.35. The largest absolute Gasteiger partial charge is 0.309 e. The summed E-state index contributed by atoms with van der Waals surface area (Å²) in [4.78, 5) is 12.3.